The maximum atomic E-state index is 12.0. The molecule has 0 aromatic heterocycles. The Labute approximate surface area is 167 Å². The monoisotopic (exact) mass is 434 g/mol. The molecule has 0 unspecified atom stereocenters. The average molecular weight is 435 g/mol. The zero-order valence-electron chi connectivity index (χ0n) is 15.8. The summed E-state index contributed by atoms with van der Waals surface area (Å²) in [5.41, 5.74) is 5.07. The van der Waals surface area contributed by atoms with Gasteiger partial charge >= 0.3 is 0 Å². The molecule has 0 aliphatic heterocycles. The lowest BCUT2D eigenvalue weighted by Crippen LogP contribution is -2.25. The number of nitrogens with one attached hydrogen (secondary N) is 1. The highest BCUT2D eigenvalue weighted by Crippen LogP contribution is 2.30. The van der Waals surface area contributed by atoms with Crippen molar-refractivity contribution >= 4 is 28.1 Å². The van der Waals surface area contributed by atoms with E-state index in [1.54, 1.807) is 13.2 Å². The van der Waals surface area contributed by atoms with Crippen LogP contribution in [0.3, 0.4) is 0 Å². The number of hydrogen-bond acceptors (Lipinski definition) is 5. The van der Waals surface area contributed by atoms with Crippen molar-refractivity contribution in [1.82, 2.24) is 5.43 Å². The number of rotatable bonds is 8. The number of nitrogens with zero attached hydrogens (tertiary/aromatic N) is 1. The van der Waals surface area contributed by atoms with Crippen molar-refractivity contribution in [2.24, 2.45) is 5.10 Å². The Hall–Kier alpha value is -2.54. The lowest BCUT2D eigenvalue weighted by atomic mass is 10.1. The van der Waals surface area contributed by atoms with Gasteiger partial charge in [0, 0.05) is 10.0 Å². The summed E-state index contributed by atoms with van der Waals surface area (Å²) >= 11 is 3.44. The van der Waals surface area contributed by atoms with E-state index in [4.69, 9.17) is 14.2 Å². The zero-order chi connectivity index (χ0) is 19.8. The Kier molecular flexibility index (Phi) is 7.67. The molecule has 1 N–H and O–H groups in total. The maximum absolute atomic E-state index is 12.0. The van der Waals surface area contributed by atoms with Crippen molar-refractivity contribution in [1.29, 1.82) is 0 Å². The molecule has 7 heteroatoms. The first-order valence-electron chi connectivity index (χ1n) is 8.47. The predicted octanol–water partition coefficient (Wildman–Crippen LogP) is 4.00. The van der Waals surface area contributed by atoms with Crippen LogP contribution in [-0.2, 0) is 4.79 Å². The predicted molar refractivity (Wildman–Crippen MR) is 109 cm³/mol. The van der Waals surface area contributed by atoms with E-state index in [0.717, 1.165) is 15.6 Å². The van der Waals surface area contributed by atoms with Gasteiger partial charge in [-0.1, -0.05) is 22.0 Å². The number of hydrogen-bond donors (Lipinski definition) is 1. The van der Waals surface area contributed by atoms with Crippen LogP contribution >= 0.6 is 15.9 Å². The van der Waals surface area contributed by atoms with Gasteiger partial charge in [-0.15, -0.1) is 0 Å². The van der Waals surface area contributed by atoms with Crippen molar-refractivity contribution in [3.8, 4) is 17.2 Å². The third kappa shape index (κ3) is 5.72. The standard InChI is InChI=1S/C20H23BrN2O4/c1-5-26-20-15(7-6-8-17(20)25-4)11-22-23-18(24)12-27-19-13(2)9-16(21)10-14(19)3/h6-11H,5,12H2,1-4H3,(H,23,24)/b22-11+. The number of amides is 1. The molecule has 0 heterocycles. The smallest absolute Gasteiger partial charge is 0.277 e. The lowest BCUT2D eigenvalue weighted by molar-refractivity contribution is -0.123. The molecule has 0 saturated carbocycles. The fourth-order valence-corrected chi connectivity index (χ4v) is 3.25. The van der Waals surface area contributed by atoms with Gasteiger partial charge in [-0.25, -0.2) is 5.43 Å². The zero-order valence-corrected chi connectivity index (χ0v) is 17.4. The highest BCUT2D eigenvalue weighted by atomic mass is 79.9. The Balaban J connectivity index is 1.98. The molecule has 1 amide bonds. The number of halogens is 1. The van der Waals surface area contributed by atoms with Crippen LogP contribution in [0.1, 0.15) is 23.6 Å². The summed E-state index contributed by atoms with van der Waals surface area (Å²) in [7, 11) is 1.57. The van der Waals surface area contributed by atoms with Gasteiger partial charge in [-0.3, -0.25) is 4.79 Å². The molecule has 0 radical (unpaired) electrons. The number of benzene rings is 2. The number of para-hydroxylation sites is 1. The Morgan fingerprint density at radius 2 is 1.89 bits per heavy atom. The summed E-state index contributed by atoms with van der Waals surface area (Å²) in [6.45, 7) is 6.12. The van der Waals surface area contributed by atoms with Gasteiger partial charge in [0.15, 0.2) is 18.1 Å². The van der Waals surface area contributed by atoms with Crippen molar-refractivity contribution in [3.05, 3.63) is 51.5 Å². The number of carbonyl (C=O) groups is 1. The molecule has 0 bridgehead atoms. The highest BCUT2D eigenvalue weighted by molar-refractivity contribution is 9.10. The van der Waals surface area contributed by atoms with E-state index in [0.29, 0.717) is 29.4 Å². The summed E-state index contributed by atoms with van der Waals surface area (Å²) in [4.78, 5) is 12.0. The molecule has 27 heavy (non-hydrogen) atoms. The second kappa shape index (κ2) is 9.97. The molecule has 0 fully saturated rings. The molecule has 0 aliphatic carbocycles. The summed E-state index contributed by atoms with van der Waals surface area (Å²) in [5.74, 6) is 1.53. The SMILES string of the molecule is CCOc1c(/C=N/NC(=O)COc2c(C)cc(Br)cc2C)cccc1OC. The summed E-state index contributed by atoms with van der Waals surface area (Å²) in [5, 5.41) is 3.98. The van der Waals surface area contributed by atoms with Crippen molar-refractivity contribution < 1.29 is 19.0 Å². The Morgan fingerprint density at radius 1 is 1.19 bits per heavy atom. The fraction of sp³-hybridized carbons (Fsp3) is 0.300. The summed E-state index contributed by atoms with van der Waals surface area (Å²) < 4.78 is 17.5. The highest BCUT2D eigenvalue weighted by Gasteiger charge is 2.10. The molecular formula is C20H23BrN2O4. The second-order valence-corrected chi connectivity index (χ2v) is 6.68. The number of hydrazone groups is 1. The molecule has 2 aromatic rings. The van der Waals surface area contributed by atoms with E-state index in [1.807, 2.05) is 45.0 Å². The molecule has 0 spiro atoms. The summed E-state index contributed by atoms with van der Waals surface area (Å²) in [6.07, 6.45) is 1.52. The molecule has 0 saturated heterocycles. The number of carbonyl (C=O) groups excluding carboxylic acids is 1. The maximum Gasteiger partial charge on any atom is 0.277 e. The third-order valence-corrected chi connectivity index (χ3v) is 4.14. The topological polar surface area (TPSA) is 69.2 Å². The summed E-state index contributed by atoms with van der Waals surface area (Å²) in [6, 6.07) is 9.34. The molecular weight excluding hydrogens is 412 g/mol. The normalized spacial score (nSPS) is 10.7. The van der Waals surface area contributed by atoms with Crippen LogP contribution in [0.5, 0.6) is 17.2 Å². The van der Waals surface area contributed by atoms with Crippen molar-refractivity contribution in [3.63, 3.8) is 0 Å². The molecule has 0 atom stereocenters. The Bertz CT molecular complexity index is 814. The van der Waals surface area contributed by atoms with Crippen LogP contribution in [0.25, 0.3) is 0 Å². The van der Waals surface area contributed by atoms with Gasteiger partial charge in [-0.2, -0.15) is 5.10 Å². The van der Waals surface area contributed by atoms with E-state index in [-0.39, 0.29) is 12.5 Å². The number of ether oxygens (including phenoxy) is 3. The molecule has 6 nitrogen and oxygen atoms in total. The van der Waals surface area contributed by atoms with Gasteiger partial charge in [0.25, 0.3) is 5.91 Å². The quantitative estimate of drug-likeness (QED) is 0.503. The van der Waals surface area contributed by atoms with Crippen molar-refractivity contribution in [2.45, 2.75) is 20.8 Å². The average Bonchev–Trinajstić information content (AvgIpc) is 2.62. The molecule has 0 aliphatic rings. The minimum atomic E-state index is -0.353. The minimum absolute atomic E-state index is 0.128. The van der Waals surface area contributed by atoms with E-state index in [9.17, 15) is 4.79 Å². The lowest BCUT2D eigenvalue weighted by Gasteiger charge is -2.12. The Morgan fingerprint density at radius 3 is 2.52 bits per heavy atom. The van der Waals surface area contributed by atoms with Crippen LogP contribution in [-0.4, -0.2) is 32.4 Å². The molecule has 144 valence electrons. The molecule has 2 aromatic carbocycles. The first kappa shape index (κ1) is 20.8. The van der Waals surface area contributed by atoms with Gasteiger partial charge in [0.05, 0.1) is 19.9 Å². The van der Waals surface area contributed by atoms with Crippen LogP contribution < -0.4 is 19.6 Å². The van der Waals surface area contributed by atoms with Crippen LogP contribution in [0.2, 0.25) is 0 Å². The van der Waals surface area contributed by atoms with Crippen molar-refractivity contribution in [2.75, 3.05) is 20.3 Å². The minimum Gasteiger partial charge on any atom is -0.493 e. The number of methoxy groups -OCH3 is 1. The van der Waals surface area contributed by atoms with E-state index in [1.165, 1.54) is 6.21 Å². The molecule has 2 rings (SSSR count). The van der Waals surface area contributed by atoms with Gasteiger partial charge in [0.2, 0.25) is 0 Å². The fourth-order valence-electron chi connectivity index (χ4n) is 2.56. The van der Waals surface area contributed by atoms with E-state index in [2.05, 4.69) is 26.5 Å². The number of aryl methyl sites for hydroxylation is 2. The van der Waals surface area contributed by atoms with Gasteiger partial charge < -0.3 is 14.2 Å². The van der Waals surface area contributed by atoms with Crippen LogP contribution in [0.4, 0.5) is 0 Å². The van der Waals surface area contributed by atoms with E-state index >= 15 is 0 Å². The van der Waals surface area contributed by atoms with Gasteiger partial charge in [0.1, 0.15) is 5.75 Å². The first-order valence-corrected chi connectivity index (χ1v) is 9.26. The second-order valence-electron chi connectivity index (χ2n) is 5.76. The largest absolute Gasteiger partial charge is 0.493 e. The van der Waals surface area contributed by atoms with Gasteiger partial charge in [-0.05, 0) is 56.2 Å². The van der Waals surface area contributed by atoms with Crippen LogP contribution in [0, 0.1) is 13.8 Å². The third-order valence-electron chi connectivity index (χ3n) is 3.68. The first-order chi connectivity index (χ1) is 13.0. The van der Waals surface area contributed by atoms with Crippen LogP contribution in [0.15, 0.2) is 39.9 Å². The van der Waals surface area contributed by atoms with E-state index < -0.39 is 0 Å².